The smallest absolute Gasteiger partial charge is 0.226 e. The third kappa shape index (κ3) is 6.57. The number of aromatic nitrogens is 3. The molecule has 4 rings (SSSR count). The Morgan fingerprint density at radius 3 is 2.83 bits per heavy atom. The van der Waals surface area contributed by atoms with E-state index in [0.717, 1.165) is 73.2 Å². The molecule has 1 amide bonds. The maximum Gasteiger partial charge on any atom is 0.226 e. The molecule has 36 heavy (non-hydrogen) atoms. The van der Waals surface area contributed by atoms with E-state index >= 15 is 0 Å². The van der Waals surface area contributed by atoms with Gasteiger partial charge in [0.05, 0.1) is 48.3 Å². The predicted octanol–water partition coefficient (Wildman–Crippen LogP) is 4.73. The number of hydrogen-bond acceptors (Lipinski definition) is 6. The number of hydrogen-bond donors (Lipinski definition) is 1. The Morgan fingerprint density at radius 1 is 1.25 bits per heavy atom. The van der Waals surface area contributed by atoms with Gasteiger partial charge in [-0.3, -0.25) is 14.4 Å². The molecule has 1 saturated heterocycles. The zero-order valence-electron chi connectivity index (χ0n) is 21.4. The Morgan fingerprint density at radius 2 is 2.06 bits per heavy atom. The van der Waals surface area contributed by atoms with Crippen LogP contribution in [0.2, 0.25) is 0 Å². The summed E-state index contributed by atoms with van der Waals surface area (Å²) >= 11 is 1.51. The van der Waals surface area contributed by atoms with E-state index in [-0.39, 0.29) is 23.7 Å². The first-order valence-corrected chi connectivity index (χ1v) is 13.6. The summed E-state index contributed by atoms with van der Waals surface area (Å²) in [7, 11) is 0. The highest BCUT2D eigenvalue weighted by molar-refractivity contribution is 7.13. The number of rotatable bonds is 10. The van der Waals surface area contributed by atoms with Gasteiger partial charge in [-0.15, -0.1) is 11.3 Å². The van der Waals surface area contributed by atoms with Crippen molar-refractivity contribution in [1.82, 2.24) is 25.0 Å². The SMILES string of the molecule is CCC(C)(C)n1ncc(-c2nc(CC(=O)NCCCN3CCOCC3)cs2)c1C1=CCC=C(F)C=C1. The lowest BCUT2D eigenvalue weighted by atomic mass is 9.99. The topological polar surface area (TPSA) is 72.3 Å². The molecule has 1 N–H and O–H groups in total. The fraction of sp³-hybridized carbons (Fsp3) is 0.519. The third-order valence-corrected chi connectivity index (χ3v) is 7.68. The molecule has 1 aliphatic heterocycles. The molecule has 0 bridgehead atoms. The summed E-state index contributed by atoms with van der Waals surface area (Å²) in [4.78, 5) is 19.7. The van der Waals surface area contributed by atoms with Gasteiger partial charge in [0, 0.05) is 25.0 Å². The molecule has 2 aromatic rings. The normalized spacial score (nSPS) is 17.0. The first-order chi connectivity index (χ1) is 17.4. The number of carbonyl (C=O) groups is 1. The van der Waals surface area contributed by atoms with Crippen LogP contribution in [-0.2, 0) is 21.5 Å². The summed E-state index contributed by atoms with van der Waals surface area (Å²) in [6.07, 6.45) is 11.3. The molecule has 1 fully saturated rings. The molecule has 0 spiro atoms. The Bertz CT molecular complexity index is 1140. The van der Waals surface area contributed by atoms with E-state index in [1.165, 1.54) is 17.4 Å². The molecule has 3 heterocycles. The molecule has 9 heteroatoms. The highest BCUT2D eigenvalue weighted by Crippen LogP contribution is 2.36. The van der Waals surface area contributed by atoms with Gasteiger partial charge in [0.15, 0.2) is 0 Å². The van der Waals surface area contributed by atoms with Gasteiger partial charge in [0.2, 0.25) is 5.91 Å². The second kappa shape index (κ2) is 12.1. The van der Waals surface area contributed by atoms with Gasteiger partial charge < -0.3 is 10.1 Å². The van der Waals surface area contributed by atoms with E-state index in [9.17, 15) is 9.18 Å². The molecule has 0 radical (unpaired) electrons. The van der Waals surface area contributed by atoms with Crippen molar-refractivity contribution >= 4 is 22.8 Å². The average molecular weight is 514 g/mol. The van der Waals surface area contributed by atoms with Crippen molar-refractivity contribution in [2.75, 3.05) is 39.4 Å². The average Bonchev–Trinajstić information content (AvgIpc) is 3.46. The molecular weight excluding hydrogens is 477 g/mol. The molecule has 0 atom stereocenters. The molecule has 1 aliphatic carbocycles. The molecule has 194 valence electrons. The highest BCUT2D eigenvalue weighted by Gasteiger charge is 2.27. The summed E-state index contributed by atoms with van der Waals surface area (Å²) < 4.78 is 21.3. The first-order valence-electron chi connectivity index (χ1n) is 12.7. The zero-order valence-corrected chi connectivity index (χ0v) is 22.2. The lowest BCUT2D eigenvalue weighted by molar-refractivity contribution is -0.120. The highest BCUT2D eigenvalue weighted by atomic mass is 32.1. The first kappa shape index (κ1) is 26.4. The van der Waals surface area contributed by atoms with Crippen molar-refractivity contribution < 1.29 is 13.9 Å². The monoisotopic (exact) mass is 513 g/mol. The molecule has 0 aromatic carbocycles. The maximum atomic E-state index is 13.9. The minimum Gasteiger partial charge on any atom is -0.379 e. The number of morpholine rings is 1. The number of ether oxygens (including phenoxy) is 1. The van der Waals surface area contributed by atoms with Crippen molar-refractivity contribution in [2.45, 2.75) is 52.0 Å². The van der Waals surface area contributed by atoms with Crippen molar-refractivity contribution in [1.29, 1.82) is 0 Å². The van der Waals surface area contributed by atoms with Crippen molar-refractivity contribution in [3.63, 3.8) is 0 Å². The van der Waals surface area contributed by atoms with Crippen LogP contribution in [0.25, 0.3) is 16.1 Å². The minimum atomic E-state index is -0.240. The second-order valence-electron chi connectivity index (χ2n) is 9.78. The van der Waals surface area contributed by atoms with E-state index in [1.54, 1.807) is 12.2 Å². The fourth-order valence-electron chi connectivity index (χ4n) is 4.27. The summed E-state index contributed by atoms with van der Waals surface area (Å²) in [5.74, 6) is -0.260. The van der Waals surface area contributed by atoms with Crippen LogP contribution in [-0.4, -0.2) is 65.0 Å². The molecule has 0 saturated carbocycles. The Labute approximate surface area is 216 Å². The molecule has 0 unspecified atom stereocenters. The van der Waals surface area contributed by atoms with Crippen LogP contribution in [0.1, 0.15) is 51.4 Å². The number of amides is 1. The Balaban J connectivity index is 1.44. The summed E-state index contributed by atoms with van der Waals surface area (Å²) in [5, 5.41) is 10.5. The molecular formula is C27H36FN5O2S. The van der Waals surface area contributed by atoms with Gasteiger partial charge in [-0.25, -0.2) is 9.37 Å². The quantitative estimate of drug-likeness (QED) is 0.465. The Kier molecular flexibility index (Phi) is 8.87. The van der Waals surface area contributed by atoms with E-state index in [4.69, 9.17) is 14.8 Å². The Hall–Kier alpha value is -2.62. The molecule has 2 aliphatic rings. The zero-order chi connectivity index (χ0) is 25.5. The number of nitrogens with one attached hydrogen (secondary N) is 1. The van der Waals surface area contributed by atoms with Crippen LogP contribution in [0, 0.1) is 0 Å². The standard InChI is InChI=1S/C27H36FN5O2S/c1-4-27(2,3)33-25(20-7-5-8-21(28)10-9-20)23(18-30-33)26-31-22(19-36-26)17-24(34)29-11-6-12-32-13-15-35-16-14-32/h7-10,18-19H,4-6,11-17H2,1-3H3,(H,29,34). The van der Waals surface area contributed by atoms with Gasteiger partial charge >= 0.3 is 0 Å². The van der Waals surface area contributed by atoms with Gasteiger partial charge in [-0.05, 0) is 57.4 Å². The van der Waals surface area contributed by atoms with Gasteiger partial charge in [-0.1, -0.05) is 19.1 Å². The fourth-order valence-corrected chi connectivity index (χ4v) is 5.10. The number of thiazole rings is 1. The van der Waals surface area contributed by atoms with Crippen LogP contribution in [0.3, 0.4) is 0 Å². The van der Waals surface area contributed by atoms with Crippen LogP contribution < -0.4 is 5.32 Å². The third-order valence-electron chi connectivity index (χ3n) is 6.75. The van der Waals surface area contributed by atoms with E-state index < -0.39 is 0 Å². The van der Waals surface area contributed by atoms with Crippen molar-refractivity contribution in [3.8, 4) is 10.6 Å². The van der Waals surface area contributed by atoms with Gasteiger partial charge in [0.25, 0.3) is 0 Å². The second-order valence-corrected chi connectivity index (χ2v) is 10.6. The van der Waals surface area contributed by atoms with E-state index in [1.807, 2.05) is 22.3 Å². The minimum absolute atomic E-state index is 0.0205. The van der Waals surface area contributed by atoms with Crippen LogP contribution in [0.15, 0.2) is 41.7 Å². The van der Waals surface area contributed by atoms with Crippen LogP contribution in [0.5, 0.6) is 0 Å². The summed E-state index contributed by atoms with van der Waals surface area (Å²) in [6.45, 7) is 11.5. The lowest BCUT2D eigenvalue weighted by Crippen LogP contribution is -2.38. The van der Waals surface area contributed by atoms with Gasteiger partial charge in [0.1, 0.15) is 10.8 Å². The molecule has 7 nitrogen and oxygen atoms in total. The maximum absolute atomic E-state index is 13.9. The lowest BCUT2D eigenvalue weighted by Gasteiger charge is -2.26. The predicted molar refractivity (Wildman–Crippen MR) is 142 cm³/mol. The number of halogens is 1. The largest absolute Gasteiger partial charge is 0.379 e. The van der Waals surface area contributed by atoms with Crippen molar-refractivity contribution in [3.05, 3.63) is 53.1 Å². The summed E-state index contributed by atoms with van der Waals surface area (Å²) in [6, 6.07) is 0. The van der Waals surface area contributed by atoms with Crippen molar-refractivity contribution in [2.24, 2.45) is 0 Å². The van der Waals surface area contributed by atoms with Crippen LogP contribution >= 0.6 is 11.3 Å². The van der Waals surface area contributed by atoms with E-state index in [0.29, 0.717) is 13.0 Å². The number of nitrogens with zero attached hydrogens (tertiary/aromatic N) is 4. The number of allylic oxidation sites excluding steroid dienone is 6. The number of carbonyl (C=O) groups excluding carboxylic acids is 1. The van der Waals surface area contributed by atoms with Crippen LogP contribution in [0.4, 0.5) is 4.39 Å². The van der Waals surface area contributed by atoms with Gasteiger partial charge in [-0.2, -0.15) is 5.10 Å². The summed E-state index contributed by atoms with van der Waals surface area (Å²) in [5.41, 5.74) is 3.27. The molecule has 2 aromatic heterocycles. The van der Waals surface area contributed by atoms with E-state index in [2.05, 4.69) is 31.0 Å².